The van der Waals surface area contributed by atoms with Gasteiger partial charge in [0.15, 0.2) is 5.65 Å². The van der Waals surface area contributed by atoms with Crippen LogP contribution in [0.2, 0.25) is 0 Å². The van der Waals surface area contributed by atoms with Crippen LogP contribution in [0.15, 0.2) is 36.1 Å². The summed E-state index contributed by atoms with van der Waals surface area (Å²) in [7, 11) is 0. The maximum atomic E-state index is 13.1. The van der Waals surface area contributed by atoms with Crippen LogP contribution < -0.4 is 4.90 Å². The SMILES string of the molecule is FC(F)(F)c1ccc2nnc([C@H]3CCCN(c4ncnc5sccc45)C3)n2c1. The number of aromatic nitrogens is 5. The molecule has 1 aliphatic heterocycles. The molecule has 0 bridgehead atoms. The van der Waals surface area contributed by atoms with Crippen molar-refractivity contribution in [3.63, 3.8) is 0 Å². The van der Waals surface area contributed by atoms with Crippen molar-refractivity contribution in [2.24, 2.45) is 0 Å². The standard InChI is InChI=1S/C18H15F3N6S/c19-18(20,21)12-3-4-14-24-25-15(27(14)9-12)11-2-1-6-26(8-11)16-13-5-7-28-17(13)23-10-22-16/h3-5,7,9-11H,1-2,6,8H2/t11-/m0/s1. The first-order valence-electron chi connectivity index (χ1n) is 8.86. The first-order valence-corrected chi connectivity index (χ1v) is 9.74. The zero-order valence-corrected chi connectivity index (χ0v) is 15.4. The summed E-state index contributed by atoms with van der Waals surface area (Å²) in [5.74, 6) is 1.39. The Hall–Kier alpha value is -2.75. The number of hydrogen-bond donors (Lipinski definition) is 0. The van der Waals surface area contributed by atoms with Gasteiger partial charge in [0.2, 0.25) is 0 Å². The predicted molar refractivity (Wildman–Crippen MR) is 99.6 cm³/mol. The summed E-state index contributed by atoms with van der Waals surface area (Å²) in [6.45, 7) is 1.46. The smallest absolute Gasteiger partial charge is 0.355 e. The van der Waals surface area contributed by atoms with Crippen LogP contribution in [0.25, 0.3) is 15.9 Å². The van der Waals surface area contributed by atoms with Gasteiger partial charge in [0.25, 0.3) is 0 Å². The topological polar surface area (TPSA) is 59.2 Å². The highest BCUT2D eigenvalue weighted by atomic mass is 32.1. The van der Waals surface area contributed by atoms with E-state index in [4.69, 9.17) is 0 Å². The number of pyridine rings is 1. The molecular weight excluding hydrogens is 389 g/mol. The lowest BCUT2D eigenvalue weighted by molar-refractivity contribution is -0.137. The molecule has 6 nitrogen and oxygen atoms in total. The summed E-state index contributed by atoms with van der Waals surface area (Å²) in [6, 6.07) is 4.40. The Morgan fingerprint density at radius 2 is 2.00 bits per heavy atom. The van der Waals surface area contributed by atoms with Crippen molar-refractivity contribution >= 4 is 33.0 Å². The van der Waals surface area contributed by atoms with E-state index in [1.807, 2.05) is 11.4 Å². The van der Waals surface area contributed by atoms with E-state index in [2.05, 4.69) is 25.1 Å². The van der Waals surface area contributed by atoms with Crippen molar-refractivity contribution < 1.29 is 13.2 Å². The van der Waals surface area contributed by atoms with Gasteiger partial charge in [-0.3, -0.25) is 4.40 Å². The third kappa shape index (κ3) is 2.88. The number of rotatable bonds is 2. The van der Waals surface area contributed by atoms with E-state index in [0.717, 1.165) is 47.7 Å². The highest BCUT2D eigenvalue weighted by Gasteiger charge is 2.32. The summed E-state index contributed by atoms with van der Waals surface area (Å²) >= 11 is 1.56. The van der Waals surface area contributed by atoms with E-state index in [0.29, 0.717) is 18.0 Å². The number of anilines is 1. The molecule has 0 aromatic carbocycles. The van der Waals surface area contributed by atoms with Crippen LogP contribution in [0, 0.1) is 0 Å². The molecule has 4 aromatic rings. The average Bonchev–Trinajstić information content (AvgIpc) is 3.33. The average molecular weight is 404 g/mol. The fourth-order valence-electron chi connectivity index (χ4n) is 3.76. The van der Waals surface area contributed by atoms with Crippen molar-refractivity contribution in [1.82, 2.24) is 24.6 Å². The molecule has 5 rings (SSSR count). The molecule has 1 atom stereocenters. The maximum absolute atomic E-state index is 13.1. The monoisotopic (exact) mass is 404 g/mol. The minimum Gasteiger partial charge on any atom is -0.355 e. The number of nitrogens with zero attached hydrogens (tertiary/aromatic N) is 6. The van der Waals surface area contributed by atoms with Crippen LogP contribution in [0.3, 0.4) is 0 Å². The molecule has 0 radical (unpaired) electrons. The van der Waals surface area contributed by atoms with Crippen molar-refractivity contribution in [2.45, 2.75) is 24.9 Å². The first-order chi connectivity index (χ1) is 13.5. The summed E-state index contributed by atoms with van der Waals surface area (Å²) in [5.41, 5.74) is -0.285. The van der Waals surface area contributed by atoms with Crippen molar-refractivity contribution in [3.8, 4) is 0 Å². The van der Waals surface area contributed by atoms with Crippen LogP contribution in [-0.4, -0.2) is 37.7 Å². The molecule has 0 spiro atoms. The molecule has 28 heavy (non-hydrogen) atoms. The second-order valence-electron chi connectivity index (χ2n) is 6.82. The Morgan fingerprint density at radius 3 is 2.86 bits per heavy atom. The highest BCUT2D eigenvalue weighted by Crippen LogP contribution is 2.34. The third-order valence-electron chi connectivity index (χ3n) is 5.08. The third-order valence-corrected chi connectivity index (χ3v) is 5.90. The summed E-state index contributed by atoms with van der Waals surface area (Å²) in [6.07, 6.45) is -0.0232. The van der Waals surface area contributed by atoms with E-state index in [1.54, 1.807) is 17.7 Å². The van der Waals surface area contributed by atoms with Gasteiger partial charge in [0.05, 0.1) is 10.9 Å². The lowest BCUT2D eigenvalue weighted by atomic mass is 9.97. The summed E-state index contributed by atoms with van der Waals surface area (Å²) in [4.78, 5) is 11.8. The van der Waals surface area contributed by atoms with Gasteiger partial charge in [-0.25, -0.2) is 9.97 Å². The Labute approximate surface area is 161 Å². The number of piperidine rings is 1. The molecule has 1 fully saturated rings. The van der Waals surface area contributed by atoms with E-state index in [-0.39, 0.29) is 5.92 Å². The van der Waals surface area contributed by atoms with Crippen LogP contribution >= 0.6 is 11.3 Å². The normalized spacial score (nSPS) is 18.2. The second kappa shape index (κ2) is 6.40. The molecule has 10 heteroatoms. The number of alkyl halides is 3. The molecule has 0 N–H and O–H groups in total. The van der Waals surface area contributed by atoms with Crippen molar-refractivity contribution in [2.75, 3.05) is 18.0 Å². The Kier molecular flexibility index (Phi) is 3.97. The lowest BCUT2D eigenvalue weighted by Crippen LogP contribution is -2.35. The Balaban J connectivity index is 1.51. The lowest BCUT2D eigenvalue weighted by Gasteiger charge is -2.33. The highest BCUT2D eigenvalue weighted by molar-refractivity contribution is 7.16. The van der Waals surface area contributed by atoms with Crippen LogP contribution in [-0.2, 0) is 6.18 Å². The van der Waals surface area contributed by atoms with E-state index >= 15 is 0 Å². The van der Waals surface area contributed by atoms with E-state index < -0.39 is 11.7 Å². The quantitative estimate of drug-likeness (QED) is 0.503. The Bertz CT molecular complexity index is 1150. The molecule has 4 aromatic heterocycles. The van der Waals surface area contributed by atoms with Gasteiger partial charge in [0, 0.05) is 25.2 Å². The van der Waals surface area contributed by atoms with Gasteiger partial charge in [-0.2, -0.15) is 13.2 Å². The van der Waals surface area contributed by atoms with Gasteiger partial charge in [-0.15, -0.1) is 21.5 Å². The molecule has 1 aliphatic rings. The number of thiophene rings is 1. The zero-order chi connectivity index (χ0) is 19.3. The minimum atomic E-state index is -4.40. The molecule has 144 valence electrons. The summed E-state index contributed by atoms with van der Waals surface area (Å²) < 4.78 is 40.8. The fourth-order valence-corrected chi connectivity index (χ4v) is 4.49. The largest absolute Gasteiger partial charge is 0.417 e. The Morgan fingerprint density at radius 1 is 1.11 bits per heavy atom. The van der Waals surface area contributed by atoms with Crippen molar-refractivity contribution in [3.05, 3.63) is 47.5 Å². The number of hydrogen-bond acceptors (Lipinski definition) is 6. The second-order valence-corrected chi connectivity index (χ2v) is 7.72. The number of halogens is 3. The number of fused-ring (bicyclic) bond motifs is 2. The zero-order valence-electron chi connectivity index (χ0n) is 14.6. The summed E-state index contributed by atoms with van der Waals surface area (Å²) in [5, 5.41) is 11.3. The van der Waals surface area contributed by atoms with Crippen LogP contribution in [0.5, 0.6) is 0 Å². The van der Waals surface area contributed by atoms with Gasteiger partial charge < -0.3 is 4.90 Å². The maximum Gasteiger partial charge on any atom is 0.417 e. The molecule has 0 amide bonds. The molecule has 0 unspecified atom stereocenters. The predicted octanol–water partition coefficient (Wildman–Crippen LogP) is 4.14. The molecule has 5 heterocycles. The first kappa shape index (κ1) is 17.4. The van der Waals surface area contributed by atoms with E-state index in [1.165, 1.54) is 10.5 Å². The molecular formula is C18H15F3N6S. The van der Waals surface area contributed by atoms with Crippen LogP contribution in [0.4, 0.5) is 19.0 Å². The minimum absolute atomic E-state index is 0.0316. The van der Waals surface area contributed by atoms with Gasteiger partial charge >= 0.3 is 6.18 Å². The van der Waals surface area contributed by atoms with Gasteiger partial charge in [-0.05, 0) is 36.4 Å². The van der Waals surface area contributed by atoms with Gasteiger partial charge in [0.1, 0.15) is 22.8 Å². The molecule has 1 saturated heterocycles. The fraction of sp³-hybridized carbons (Fsp3) is 0.333. The molecule has 0 aliphatic carbocycles. The van der Waals surface area contributed by atoms with Gasteiger partial charge in [-0.1, -0.05) is 0 Å². The van der Waals surface area contributed by atoms with Crippen molar-refractivity contribution in [1.29, 1.82) is 0 Å². The van der Waals surface area contributed by atoms with E-state index in [9.17, 15) is 13.2 Å². The molecule has 0 saturated carbocycles. The van der Waals surface area contributed by atoms with Crippen LogP contribution in [0.1, 0.15) is 30.1 Å².